The van der Waals surface area contributed by atoms with Gasteiger partial charge in [-0.05, 0) is 23.8 Å². The maximum Gasteiger partial charge on any atom is 0.335 e. The van der Waals surface area contributed by atoms with Crippen LogP contribution in [0.4, 0.5) is 5.69 Å². The SMILES string of the molecule is O=C(O)c1ccc2c(c1)S[C@H]1NC(c3ccccc3)=CN21. The van der Waals surface area contributed by atoms with Gasteiger partial charge < -0.3 is 15.3 Å². The first-order valence-corrected chi connectivity index (χ1v) is 7.46. The van der Waals surface area contributed by atoms with Crippen molar-refractivity contribution in [2.45, 2.75) is 10.4 Å². The van der Waals surface area contributed by atoms with Crippen LogP contribution in [0.2, 0.25) is 0 Å². The van der Waals surface area contributed by atoms with Crippen molar-refractivity contribution in [2.24, 2.45) is 0 Å². The number of thioether (sulfide) groups is 1. The summed E-state index contributed by atoms with van der Waals surface area (Å²) >= 11 is 1.64. The van der Waals surface area contributed by atoms with E-state index in [-0.39, 0.29) is 5.50 Å². The number of nitrogens with zero attached hydrogens (tertiary/aromatic N) is 1. The fourth-order valence-electron chi connectivity index (χ4n) is 2.58. The topological polar surface area (TPSA) is 52.6 Å². The molecule has 0 aromatic heterocycles. The number of carboxylic acid groups (broad SMARTS) is 1. The highest BCUT2D eigenvalue weighted by atomic mass is 32.2. The van der Waals surface area contributed by atoms with E-state index in [4.69, 9.17) is 5.11 Å². The maximum absolute atomic E-state index is 11.0. The Hall–Kier alpha value is -2.40. The van der Waals surface area contributed by atoms with Gasteiger partial charge in [0.2, 0.25) is 0 Å². The monoisotopic (exact) mass is 296 g/mol. The number of rotatable bonds is 2. The van der Waals surface area contributed by atoms with Gasteiger partial charge >= 0.3 is 5.97 Å². The van der Waals surface area contributed by atoms with Crippen LogP contribution in [-0.4, -0.2) is 16.6 Å². The summed E-state index contributed by atoms with van der Waals surface area (Å²) in [6.45, 7) is 0. The number of carboxylic acids is 1. The third-order valence-electron chi connectivity index (χ3n) is 3.61. The summed E-state index contributed by atoms with van der Waals surface area (Å²) in [5.74, 6) is -0.890. The van der Waals surface area contributed by atoms with Crippen molar-refractivity contribution in [2.75, 3.05) is 4.90 Å². The molecule has 2 aliphatic rings. The van der Waals surface area contributed by atoms with Crippen molar-refractivity contribution in [3.63, 3.8) is 0 Å². The highest BCUT2D eigenvalue weighted by Crippen LogP contribution is 2.46. The van der Waals surface area contributed by atoms with E-state index in [1.54, 1.807) is 23.9 Å². The molecule has 0 fully saturated rings. The highest BCUT2D eigenvalue weighted by Gasteiger charge is 2.34. The van der Waals surface area contributed by atoms with Gasteiger partial charge in [0.15, 0.2) is 5.50 Å². The molecule has 0 radical (unpaired) electrons. The van der Waals surface area contributed by atoms with Crippen molar-refractivity contribution >= 4 is 29.1 Å². The Morgan fingerprint density at radius 2 is 2.00 bits per heavy atom. The number of nitrogens with one attached hydrogen (secondary N) is 1. The molecule has 1 atom stereocenters. The van der Waals surface area contributed by atoms with Gasteiger partial charge in [-0.1, -0.05) is 42.1 Å². The molecular weight excluding hydrogens is 284 g/mol. The molecule has 2 heterocycles. The van der Waals surface area contributed by atoms with Gasteiger partial charge in [0.05, 0.1) is 16.9 Å². The van der Waals surface area contributed by atoms with Crippen LogP contribution in [0.25, 0.3) is 5.70 Å². The number of benzene rings is 2. The first kappa shape index (κ1) is 12.3. The molecule has 2 N–H and O–H groups in total. The Morgan fingerprint density at radius 1 is 1.19 bits per heavy atom. The van der Waals surface area contributed by atoms with E-state index in [1.807, 2.05) is 24.3 Å². The number of hydrogen-bond acceptors (Lipinski definition) is 4. The molecule has 2 aromatic carbocycles. The molecule has 21 heavy (non-hydrogen) atoms. The molecule has 104 valence electrons. The van der Waals surface area contributed by atoms with Crippen LogP contribution in [0.1, 0.15) is 15.9 Å². The summed E-state index contributed by atoms with van der Waals surface area (Å²) in [4.78, 5) is 14.2. The third-order valence-corrected chi connectivity index (χ3v) is 4.76. The van der Waals surface area contributed by atoms with Gasteiger partial charge in [-0.15, -0.1) is 0 Å². The Balaban J connectivity index is 1.70. The Morgan fingerprint density at radius 3 is 2.76 bits per heavy atom. The Bertz CT molecular complexity index is 758. The molecule has 0 saturated carbocycles. The summed E-state index contributed by atoms with van der Waals surface area (Å²) in [5, 5.41) is 12.5. The quantitative estimate of drug-likeness (QED) is 0.891. The van der Waals surface area contributed by atoms with Gasteiger partial charge in [-0.25, -0.2) is 4.79 Å². The predicted octanol–water partition coefficient (Wildman–Crippen LogP) is 3.18. The number of fused-ring (bicyclic) bond motifs is 3. The number of hydrogen-bond donors (Lipinski definition) is 2. The van der Waals surface area contributed by atoms with E-state index in [2.05, 4.69) is 28.5 Å². The lowest BCUT2D eigenvalue weighted by Gasteiger charge is -2.15. The Labute approximate surface area is 126 Å². The lowest BCUT2D eigenvalue weighted by Crippen LogP contribution is -2.28. The largest absolute Gasteiger partial charge is 0.478 e. The molecule has 2 aromatic rings. The molecule has 0 bridgehead atoms. The van der Waals surface area contributed by atoms with Crippen LogP contribution in [-0.2, 0) is 0 Å². The second-order valence-corrected chi connectivity index (χ2v) is 6.04. The standard InChI is InChI=1S/C16H12N2O2S/c19-15(20)11-6-7-13-14(8-11)21-16-17-12(9-18(13)16)10-4-2-1-3-5-10/h1-9,16-17H,(H,19,20)/t16-/m0/s1. The van der Waals surface area contributed by atoms with E-state index in [0.29, 0.717) is 5.56 Å². The smallest absolute Gasteiger partial charge is 0.335 e. The lowest BCUT2D eigenvalue weighted by atomic mass is 10.2. The van der Waals surface area contributed by atoms with Gasteiger partial charge in [0.1, 0.15) is 0 Å². The maximum atomic E-state index is 11.0. The molecular formula is C16H12N2O2S. The van der Waals surface area contributed by atoms with Crippen molar-refractivity contribution in [3.8, 4) is 0 Å². The highest BCUT2D eigenvalue weighted by molar-refractivity contribution is 8.00. The van der Waals surface area contributed by atoms with Crippen LogP contribution < -0.4 is 10.2 Å². The van der Waals surface area contributed by atoms with E-state index in [9.17, 15) is 4.79 Å². The van der Waals surface area contributed by atoms with Gasteiger partial charge in [-0.3, -0.25) is 0 Å². The molecule has 0 spiro atoms. The summed E-state index contributed by atoms with van der Waals surface area (Å²) in [5.41, 5.74) is 3.71. The lowest BCUT2D eigenvalue weighted by molar-refractivity contribution is 0.0696. The molecule has 0 unspecified atom stereocenters. The van der Waals surface area contributed by atoms with E-state index < -0.39 is 5.97 Å². The third kappa shape index (κ3) is 1.97. The van der Waals surface area contributed by atoms with Gasteiger partial charge in [-0.2, -0.15) is 0 Å². The molecule has 2 aliphatic heterocycles. The fourth-order valence-corrected chi connectivity index (χ4v) is 3.78. The van der Waals surface area contributed by atoms with Crippen molar-refractivity contribution in [1.82, 2.24) is 5.32 Å². The average Bonchev–Trinajstić information content (AvgIpc) is 3.04. The molecule has 4 nitrogen and oxygen atoms in total. The minimum absolute atomic E-state index is 0.0965. The van der Waals surface area contributed by atoms with Crippen LogP contribution in [0.3, 0.4) is 0 Å². The van der Waals surface area contributed by atoms with Gasteiger partial charge in [0, 0.05) is 11.1 Å². The van der Waals surface area contributed by atoms with Crippen LogP contribution >= 0.6 is 11.8 Å². The number of carbonyl (C=O) groups is 1. The van der Waals surface area contributed by atoms with E-state index in [1.165, 1.54) is 0 Å². The second kappa shape index (κ2) is 4.56. The molecule has 0 amide bonds. The second-order valence-electron chi connectivity index (χ2n) is 4.92. The van der Waals surface area contributed by atoms with E-state index >= 15 is 0 Å². The van der Waals surface area contributed by atoms with Crippen molar-refractivity contribution < 1.29 is 9.90 Å². The minimum atomic E-state index is -0.890. The van der Waals surface area contributed by atoms with Crippen LogP contribution in [0.5, 0.6) is 0 Å². The fraction of sp³-hybridized carbons (Fsp3) is 0.0625. The minimum Gasteiger partial charge on any atom is -0.478 e. The summed E-state index contributed by atoms with van der Waals surface area (Å²) in [7, 11) is 0. The first-order chi connectivity index (χ1) is 10.2. The molecule has 4 rings (SSSR count). The van der Waals surface area contributed by atoms with Crippen molar-refractivity contribution in [1.29, 1.82) is 0 Å². The summed E-state index contributed by atoms with van der Waals surface area (Å²) < 4.78 is 0. The summed E-state index contributed by atoms with van der Waals surface area (Å²) in [6.07, 6.45) is 2.08. The summed E-state index contributed by atoms with van der Waals surface area (Å²) in [6, 6.07) is 15.4. The van der Waals surface area contributed by atoms with Gasteiger partial charge in [0.25, 0.3) is 0 Å². The predicted molar refractivity (Wildman–Crippen MR) is 83.1 cm³/mol. The zero-order chi connectivity index (χ0) is 14.4. The number of aromatic carboxylic acids is 1. The zero-order valence-corrected chi connectivity index (χ0v) is 11.8. The van der Waals surface area contributed by atoms with E-state index in [0.717, 1.165) is 21.8 Å². The molecule has 0 saturated heterocycles. The number of anilines is 1. The normalized spacial score (nSPS) is 18.8. The van der Waals surface area contributed by atoms with Crippen LogP contribution in [0.15, 0.2) is 59.6 Å². The van der Waals surface area contributed by atoms with Crippen molar-refractivity contribution in [3.05, 3.63) is 65.9 Å². The Kier molecular flexibility index (Phi) is 2.68. The van der Waals surface area contributed by atoms with Crippen LogP contribution in [0, 0.1) is 0 Å². The zero-order valence-electron chi connectivity index (χ0n) is 11.0. The first-order valence-electron chi connectivity index (χ1n) is 6.58. The molecule has 5 heteroatoms. The average molecular weight is 296 g/mol. The molecule has 0 aliphatic carbocycles.